The van der Waals surface area contributed by atoms with Crippen molar-refractivity contribution < 1.29 is 4.74 Å². The number of hydrogen-bond acceptors (Lipinski definition) is 2. The van der Waals surface area contributed by atoms with Gasteiger partial charge in [-0.05, 0) is 43.0 Å². The Morgan fingerprint density at radius 3 is 2.42 bits per heavy atom. The van der Waals surface area contributed by atoms with Gasteiger partial charge in [0.05, 0.1) is 0 Å². The molecule has 2 aliphatic rings. The molecule has 1 aliphatic heterocycles. The highest BCUT2D eigenvalue weighted by Crippen LogP contribution is 2.27. The Kier molecular flexibility index (Phi) is 4.29. The second-order valence-electron chi connectivity index (χ2n) is 5.92. The molecule has 0 bridgehead atoms. The molecule has 104 valence electrons. The predicted molar refractivity (Wildman–Crippen MR) is 78.9 cm³/mol. The lowest BCUT2D eigenvalue weighted by Crippen LogP contribution is -2.55. The summed E-state index contributed by atoms with van der Waals surface area (Å²) in [5.74, 6) is 1.87. The monoisotopic (exact) mass is 279 g/mol. The summed E-state index contributed by atoms with van der Waals surface area (Å²) in [5.41, 5.74) is 0. The molecule has 3 heteroatoms. The van der Waals surface area contributed by atoms with Gasteiger partial charge >= 0.3 is 0 Å². The van der Waals surface area contributed by atoms with Crippen molar-refractivity contribution in [3.63, 3.8) is 0 Å². The van der Waals surface area contributed by atoms with E-state index < -0.39 is 0 Å². The summed E-state index contributed by atoms with van der Waals surface area (Å²) in [7, 11) is 0. The molecule has 0 N–H and O–H groups in total. The number of benzene rings is 1. The zero-order chi connectivity index (χ0) is 13.1. The van der Waals surface area contributed by atoms with Gasteiger partial charge in [0.25, 0.3) is 0 Å². The van der Waals surface area contributed by atoms with Crippen molar-refractivity contribution in [3.8, 4) is 5.75 Å². The van der Waals surface area contributed by atoms with Gasteiger partial charge in [-0.2, -0.15) is 0 Å². The maximum atomic E-state index is 5.92. The Morgan fingerprint density at radius 1 is 1.05 bits per heavy atom. The number of rotatable bonds is 4. The molecule has 1 aromatic carbocycles. The smallest absolute Gasteiger partial charge is 0.124 e. The zero-order valence-electron chi connectivity index (χ0n) is 11.4. The maximum Gasteiger partial charge on any atom is 0.124 e. The molecule has 1 aliphatic carbocycles. The topological polar surface area (TPSA) is 12.5 Å². The van der Waals surface area contributed by atoms with Crippen molar-refractivity contribution in [1.29, 1.82) is 0 Å². The summed E-state index contributed by atoms with van der Waals surface area (Å²) >= 11 is 5.86. The van der Waals surface area contributed by atoms with Crippen LogP contribution in [-0.4, -0.2) is 30.6 Å². The van der Waals surface area contributed by atoms with Crippen molar-refractivity contribution >= 4 is 11.6 Å². The summed E-state index contributed by atoms with van der Waals surface area (Å²) in [6.45, 7) is 3.44. The summed E-state index contributed by atoms with van der Waals surface area (Å²) < 4.78 is 5.92. The first-order valence-corrected chi connectivity index (χ1v) is 7.82. The first kappa shape index (κ1) is 13.3. The van der Waals surface area contributed by atoms with Crippen LogP contribution in [0.1, 0.15) is 32.1 Å². The van der Waals surface area contributed by atoms with Gasteiger partial charge < -0.3 is 4.74 Å². The maximum absolute atomic E-state index is 5.92. The minimum absolute atomic E-state index is 0.366. The van der Waals surface area contributed by atoms with Crippen LogP contribution in [0, 0.1) is 5.92 Å². The van der Waals surface area contributed by atoms with Crippen molar-refractivity contribution in [2.75, 3.05) is 19.6 Å². The summed E-state index contributed by atoms with van der Waals surface area (Å²) in [6, 6.07) is 7.67. The van der Waals surface area contributed by atoms with Gasteiger partial charge in [0, 0.05) is 24.7 Å². The summed E-state index contributed by atoms with van der Waals surface area (Å²) in [5, 5.41) is 0.764. The molecule has 1 saturated carbocycles. The van der Waals surface area contributed by atoms with Gasteiger partial charge in [0.1, 0.15) is 11.9 Å². The molecule has 2 fully saturated rings. The van der Waals surface area contributed by atoms with Crippen LogP contribution in [0.4, 0.5) is 0 Å². The molecule has 3 rings (SSSR count). The van der Waals surface area contributed by atoms with Crippen LogP contribution < -0.4 is 4.74 Å². The van der Waals surface area contributed by atoms with Crippen LogP contribution in [-0.2, 0) is 0 Å². The second-order valence-corrected chi connectivity index (χ2v) is 6.35. The quantitative estimate of drug-likeness (QED) is 0.826. The third kappa shape index (κ3) is 3.64. The number of hydrogen-bond donors (Lipinski definition) is 0. The molecular weight excluding hydrogens is 258 g/mol. The molecule has 1 aromatic rings. The SMILES string of the molecule is Clc1ccc(OC2CN(CC3CCCCC3)C2)cc1. The molecular formula is C16H22ClNO. The molecule has 0 unspecified atom stereocenters. The highest BCUT2D eigenvalue weighted by molar-refractivity contribution is 6.30. The number of likely N-dealkylation sites (tertiary alicyclic amines) is 1. The second kappa shape index (κ2) is 6.15. The number of nitrogens with zero attached hydrogens (tertiary/aromatic N) is 1. The lowest BCUT2D eigenvalue weighted by atomic mass is 9.88. The summed E-state index contributed by atoms with van der Waals surface area (Å²) in [4.78, 5) is 2.54. The molecule has 19 heavy (non-hydrogen) atoms. The van der Waals surface area contributed by atoms with E-state index in [2.05, 4.69) is 4.90 Å². The molecule has 0 amide bonds. The van der Waals surface area contributed by atoms with Crippen LogP contribution in [0.5, 0.6) is 5.75 Å². The largest absolute Gasteiger partial charge is 0.488 e. The zero-order valence-corrected chi connectivity index (χ0v) is 12.1. The molecule has 0 atom stereocenters. The number of halogens is 1. The highest BCUT2D eigenvalue weighted by Gasteiger charge is 2.30. The fourth-order valence-corrected chi connectivity index (χ4v) is 3.31. The third-order valence-electron chi connectivity index (χ3n) is 4.28. The average molecular weight is 280 g/mol. The van der Waals surface area contributed by atoms with Crippen LogP contribution in [0.2, 0.25) is 5.02 Å². The van der Waals surface area contributed by atoms with E-state index in [1.807, 2.05) is 24.3 Å². The number of ether oxygens (including phenoxy) is 1. The van der Waals surface area contributed by atoms with Crippen LogP contribution in [0.15, 0.2) is 24.3 Å². The van der Waals surface area contributed by atoms with Crippen molar-refractivity contribution in [2.24, 2.45) is 5.92 Å². The van der Waals surface area contributed by atoms with E-state index in [0.29, 0.717) is 6.10 Å². The van der Waals surface area contributed by atoms with Crippen molar-refractivity contribution in [3.05, 3.63) is 29.3 Å². The van der Waals surface area contributed by atoms with Gasteiger partial charge in [-0.25, -0.2) is 0 Å². The van der Waals surface area contributed by atoms with Crippen LogP contribution in [0.25, 0.3) is 0 Å². The van der Waals surface area contributed by atoms with Crippen molar-refractivity contribution in [1.82, 2.24) is 4.90 Å². The van der Waals surface area contributed by atoms with E-state index in [1.165, 1.54) is 38.6 Å². The normalized spacial score (nSPS) is 22.2. The van der Waals surface area contributed by atoms with Crippen LogP contribution >= 0.6 is 11.6 Å². The lowest BCUT2D eigenvalue weighted by molar-refractivity contribution is 0.00669. The minimum Gasteiger partial charge on any atom is -0.488 e. The Balaban J connectivity index is 1.39. The van der Waals surface area contributed by atoms with E-state index in [0.717, 1.165) is 29.8 Å². The van der Waals surface area contributed by atoms with E-state index in [9.17, 15) is 0 Å². The Morgan fingerprint density at radius 2 is 1.74 bits per heavy atom. The Hall–Kier alpha value is -0.730. The molecule has 0 aromatic heterocycles. The van der Waals surface area contributed by atoms with Gasteiger partial charge in [-0.15, -0.1) is 0 Å². The van der Waals surface area contributed by atoms with Crippen molar-refractivity contribution in [2.45, 2.75) is 38.2 Å². The van der Waals surface area contributed by atoms with E-state index in [-0.39, 0.29) is 0 Å². The van der Waals surface area contributed by atoms with Gasteiger partial charge in [-0.3, -0.25) is 4.90 Å². The first-order chi connectivity index (χ1) is 9.29. The lowest BCUT2D eigenvalue weighted by Gasteiger charge is -2.41. The first-order valence-electron chi connectivity index (χ1n) is 7.44. The van der Waals surface area contributed by atoms with E-state index >= 15 is 0 Å². The average Bonchev–Trinajstić information content (AvgIpc) is 2.40. The molecule has 2 nitrogen and oxygen atoms in total. The Labute approximate surface area is 120 Å². The summed E-state index contributed by atoms with van der Waals surface area (Å²) in [6.07, 6.45) is 7.54. The standard InChI is InChI=1S/C16H22ClNO/c17-14-6-8-15(9-7-14)19-16-11-18(12-16)10-13-4-2-1-3-5-13/h6-9,13,16H,1-5,10-12H2. The van der Waals surface area contributed by atoms with Gasteiger partial charge in [0.15, 0.2) is 0 Å². The van der Waals surface area contributed by atoms with Gasteiger partial charge in [0.2, 0.25) is 0 Å². The van der Waals surface area contributed by atoms with Gasteiger partial charge in [-0.1, -0.05) is 30.9 Å². The fourth-order valence-electron chi connectivity index (χ4n) is 3.19. The molecule has 0 radical (unpaired) electrons. The molecule has 1 saturated heterocycles. The third-order valence-corrected chi connectivity index (χ3v) is 4.53. The fraction of sp³-hybridized carbons (Fsp3) is 0.625. The van der Waals surface area contributed by atoms with Crippen LogP contribution in [0.3, 0.4) is 0 Å². The minimum atomic E-state index is 0.366. The molecule has 1 heterocycles. The van der Waals surface area contributed by atoms with E-state index in [4.69, 9.17) is 16.3 Å². The highest BCUT2D eigenvalue weighted by atomic mass is 35.5. The van der Waals surface area contributed by atoms with E-state index in [1.54, 1.807) is 0 Å². The molecule has 0 spiro atoms. The Bertz CT molecular complexity index is 394. The predicted octanol–water partition coefficient (Wildman–Crippen LogP) is 3.98.